The van der Waals surface area contributed by atoms with E-state index in [1.54, 1.807) is 12.1 Å². The monoisotopic (exact) mass is 371 g/mol. The molecule has 1 heterocycles. The van der Waals surface area contributed by atoms with Crippen LogP contribution in [0.25, 0.3) is 10.8 Å². The summed E-state index contributed by atoms with van der Waals surface area (Å²) in [5.41, 5.74) is 2.54. The van der Waals surface area contributed by atoms with Gasteiger partial charge in [0.2, 0.25) is 0 Å². The fourth-order valence-electron chi connectivity index (χ4n) is 4.28. The van der Waals surface area contributed by atoms with Crippen molar-refractivity contribution in [2.75, 3.05) is 0 Å². The average molecular weight is 371 g/mol. The van der Waals surface area contributed by atoms with Gasteiger partial charge >= 0.3 is 0 Å². The van der Waals surface area contributed by atoms with Crippen LogP contribution in [0.5, 0.6) is 5.75 Å². The van der Waals surface area contributed by atoms with Crippen molar-refractivity contribution in [2.24, 2.45) is 0 Å². The minimum absolute atomic E-state index is 0.0405. The third-order valence-electron chi connectivity index (χ3n) is 5.58. The second-order valence-corrected chi connectivity index (χ2v) is 7.20. The van der Waals surface area contributed by atoms with Crippen LogP contribution >= 0.6 is 0 Å². The van der Waals surface area contributed by atoms with Crippen LogP contribution in [-0.4, -0.2) is 10.7 Å². The molecule has 0 amide bonds. The minimum atomic E-state index is -0.411. The van der Waals surface area contributed by atoms with Gasteiger partial charge in [-0.1, -0.05) is 48.5 Å². The Morgan fingerprint density at radius 2 is 1.75 bits per heavy atom. The number of carbonyl (C=O) groups is 1. The Hall–Kier alpha value is -3.47. The highest BCUT2D eigenvalue weighted by molar-refractivity contribution is 6.01. The number of fused-ring (bicyclic) bond motifs is 3. The molecule has 1 atom stereocenters. The fourth-order valence-corrected chi connectivity index (χ4v) is 4.28. The van der Waals surface area contributed by atoms with Crippen molar-refractivity contribution in [3.8, 4) is 5.75 Å². The van der Waals surface area contributed by atoms with Gasteiger partial charge in [-0.15, -0.1) is 0 Å². The Morgan fingerprint density at radius 1 is 0.964 bits per heavy atom. The zero-order valence-corrected chi connectivity index (χ0v) is 15.1. The lowest BCUT2D eigenvalue weighted by Crippen LogP contribution is -2.25. The van der Waals surface area contributed by atoms with Gasteiger partial charge in [0.25, 0.3) is 5.69 Å². The number of nitrogens with zero attached hydrogens (tertiary/aromatic N) is 1. The van der Waals surface area contributed by atoms with E-state index in [0.717, 1.165) is 46.2 Å². The lowest BCUT2D eigenvalue weighted by atomic mass is 9.76. The van der Waals surface area contributed by atoms with Gasteiger partial charge in [-0.3, -0.25) is 14.9 Å². The van der Waals surface area contributed by atoms with Gasteiger partial charge in [-0.25, -0.2) is 0 Å². The second kappa shape index (κ2) is 6.30. The van der Waals surface area contributed by atoms with E-state index in [2.05, 4.69) is 0 Å². The summed E-state index contributed by atoms with van der Waals surface area (Å²) in [4.78, 5) is 23.4. The maximum Gasteiger partial charge on any atom is 0.269 e. The topological polar surface area (TPSA) is 69.4 Å². The molecule has 1 aliphatic heterocycles. The second-order valence-electron chi connectivity index (χ2n) is 7.20. The Kier molecular flexibility index (Phi) is 3.76. The number of ether oxygens (including phenoxy) is 1. The van der Waals surface area contributed by atoms with Gasteiger partial charge in [0.05, 0.1) is 4.92 Å². The molecule has 28 heavy (non-hydrogen) atoms. The zero-order valence-electron chi connectivity index (χ0n) is 15.1. The van der Waals surface area contributed by atoms with Crippen LogP contribution in [0.4, 0.5) is 5.69 Å². The number of rotatable bonds is 2. The van der Waals surface area contributed by atoms with E-state index < -0.39 is 4.92 Å². The highest BCUT2D eigenvalue weighted by atomic mass is 16.6. The van der Waals surface area contributed by atoms with Gasteiger partial charge in [-0.2, -0.15) is 0 Å². The molecule has 5 nitrogen and oxygen atoms in total. The number of allylic oxidation sites excluding steroid dienone is 2. The van der Waals surface area contributed by atoms with E-state index in [9.17, 15) is 14.9 Å². The van der Waals surface area contributed by atoms with E-state index in [-0.39, 0.29) is 17.4 Å². The number of benzene rings is 3. The van der Waals surface area contributed by atoms with Gasteiger partial charge in [0.1, 0.15) is 11.5 Å². The first-order chi connectivity index (χ1) is 13.6. The van der Waals surface area contributed by atoms with Gasteiger partial charge in [-0.05, 0) is 17.4 Å². The summed E-state index contributed by atoms with van der Waals surface area (Å²) in [6.07, 6.45) is 2.02. The molecule has 138 valence electrons. The van der Waals surface area contributed by atoms with E-state index in [1.807, 2.05) is 36.4 Å². The molecule has 3 aromatic carbocycles. The van der Waals surface area contributed by atoms with Crippen molar-refractivity contribution in [2.45, 2.75) is 25.2 Å². The number of Topliss-reactive ketones (excluding diaryl/α,β-unsaturated/α-hetero) is 1. The lowest BCUT2D eigenvalue weighted by molar-refractivity contribution is -0.384. The molecule has 1 unspecified atom stereocenters. The third-order valence-corrected chi connectivity index (χ3v) is 5.58. The number of hydrogen-bond acceptors (Lipinski definition) is 4. The highest BCUT2D eigenvalue weighted by Gasteiger charge is 2.37. The van der Waals surface area contributed by atoms with Crippen LogP contribution in [-0.2, 0) is 4.79 Å². The minimum Gasteiger partial charge on any atom is -0.460 e. The number of carbonyl (C=O) groups excluding carboxylic acids is 1. The van der Waals surface area contributed by atoms with Crippen LogP contribution in [0.2, 0.25) is 0 Å². The smallest absolute Gasteiger partial charge is 0.269 e. The quantitative estimate of drug-likeness (QED) is 0.454. The summed E-state index contributed by atoms with van der Waals surface area (Å²) in [5, 5.41) is 13.1. The maximum absolute atomic E-state index is 12.8. The van der Waals surface area contributed by atoms with Crippen LogP contribution in [0.1, 0.15) is 36.3 Å². The van der Waals surface area contributed by atoms with Crippen LogP contribution < -0.4 is 4.74 Å². The average Bonchev–Trinajstić information content (AvgIpc) is 2.72. The Balaban J connectivity index is 1.75. The molecular weight excluding hydrogens is 354 g/mol. The Labute approximate surface area is 161 Å². The molecule has 3 aromatic rings. The van der Waals surface area contributed by atoms with E-state index in [4.69, 9.17) is 4.74 Å². The normalized spacial score (nSPS) is 18.4. The number of nitro groups is 1. The lowest BCUT2D eigenvalue weighted by Gasteiger charge is -2.33. The fraction of sp³-hybridized carbons (Fsp3) is 0.174. The molecule has 1 aliphatic carbocycles. The van der Waals surface area contributed by atoms with E-state index in [0.29, 0.717) is 12.0 Å². The number of nitro benzene ring substituents is 1. The summed E-state index contributed by atoms with van der Waals surface area (Å²) in [6, 6.07) is 18.6. The largest absolute Gasteiger partial charge is 0.460 e. The van der Waals surface area contributed by atoms with Crippen molar-refractivity contribution in [3.63, 3.8) is 0 Å². The van der Waals surface area contributed by atoms with Gasteiger partial charge < -0.3 is 4.74 Å². The number of non-ortho nitro benzene ring substituents is 1. The highest BCUT2D eigenvalue weighted by Crippen LogP contribution is 2.49. The first-order valence-electron chi connectivity index (χ1n) is 9.33. The molecule has 0 saturated carbocycles. The molecule has 5 rings (SSSR count). The molecule has 0 radical (unpaired) electrons. The summed E-state index contributed by atoms with van der Waals surface area (Å²) >= 11 is 0. The predicted octanol–water partition coefficient (Wildman–Crippen LogP) is 5.28. The molecule has 0 saturated heterocycles. The predicted molar refractivity (Wildman–Crippen MR) is 105 cm³/mol. The molecule has 0 bridgehead atoms. The molecular formula is C23H17NO4. The molecule has 0 fully saturated rings. The van der Waals surface area contributed by atoms with Crippen molar-refractivity contribution < 1.29 is 14.5 Å². The maximum atomic E-state index is 12.8. The van der Waals surface area contributed by atoms with E-state index in [1.165, 1.54) is 12.1 Å². The zero-order chi connectivity index (χ0) is 19.3. The van der Waals surface area contributed by atoms with Crippen molar-refractivity contribution in [3.05, 3.63) is 93.2 Å². The van der Waals surface area contributed by atoms with Crippen molar-refractivity contribution in [1.82, 2.24) is 0 Å². The Morgan fingerprint density at radius 3 is 2.54 bits per heavy atom. The number of hydrogen-bond donors (Lipinski definition) is 0. The van der Waals surface area contributed by atoms with Crippen molar-refractivity contribution >= 4 is 22.2 Å². The van der Waals surface area contributed by atoms with Crippen LogP contribution in [0, 0.1) is 10.1 Å². The first-order valence-corrected chi connectivity index (χ1v) is 9.33. The number of ketones is 1. The van der Waals surface area contributed by atoms with Gasteiger partial charge in [0.15, 0.2) is 5.78 Å². The third kappa shape index (κ3) is 2.51. The van der Waals surface area contributed by atoms with Crippen molar-refractivity contribution in [1.29, 1.82) is 0 Å². The molecule has 2 aliphatic rings. The van der Waals surface area contributed by atoms with Gasteiger partial charge in [0, 0.05) is 47.4 Å². The summed E-state index contributed by atoms with van der Waals surface area (Å²) < 4.78 is 6.28. The summed E-state index contributed by atoms with van der Waals surface area (Å²) in [7, 11) is 0. The Bertz CT molecular complexity index is 1160. The van der Waals surface area contributed by atoms with E-state index >= 15 is 0 Å². The molecule has 0 aromatic heterocycles. The summed E-state index contributed by atoms with van der Waals surface area (Å²) in [5.74, 6) is 1.36. The molecule has 0 N–H and O–H groups in total. The molecule has 5 heteroatoms. The van der Waals surface area contributed by atoms with Crippen LogP contribution in [0.3, 0.4) is 0 Å². The first kappa shape index (κ1) is 16.7. The van der Waals surface area contributed by atoms with Crippen LogP contribution in [0.15, 0.2) is 72.0 Å². The SMILES string of the molecule is O=C1CCCC2=C1C(c1ccc([N+](=O)[O-])cc1)c1ccc3ccccc3c1O2. The molecule has 0 spiro atoms. The summed E-state index contributed by atoms with van der Waals surface area (Å²) in [6.45, 7) is 0. The standard InChI is InChI=1S/C23H17NO4/c25-19-6-3-7-20-22(19)21(15-8-11-16(12-9-15)24(26)27)18-13-10-14-4-1-2-5-17(14)23(18)28-20/h1-2,4-5,8-13,21H,3,6-7H2.